The molecule has 1 heterocycles. The molecule has 1 saturated heterocycles. The Morgan fingerprint density at radius 1 is 0.967 bits per heavy atom. The minimum Gasteiger partial charge on any atom is -0.271 e. The summed E-state index contributed by atoms with van der Waals surface area (Å²) < 4.78 is 0. The van der Waals surface area contributed by atoms with Gasteiger partial charge >= 0.3 is 0 Å². The molecule has 0 bridgehead atoms. The quantitative estimate of drug-likeness (QED) is 0.475. The maximum Gasteiger partial charge on any atom is 0.258 e. The predicted molar refractivity (Wildman–Crippen MR) is 122 cm³/mol. The monoisotopic (exact) mass is 437 g/mol. The third-order valence-corrected chi connectivity index (χ3v) is 5.55. The molecule has 1 amide bonds. The average Bonchev–Trinajstić information content (AvgIpc) is 3.04. The normalized spacial score (nSPS) is 17.6. The number of rotatable bonds is 5. The fraction of sp³-hybridized carbons (Fsp3) is 0.167. The van der Waals surface area contributed by atoms with Crippen LogP contribution in [0.4, 0.5) is 0 Å². The maximum atomic E-state index is 13.0. The molecular formula is C24H21Cl2N3O. The lowest BCUT2D eigenvalue weighted by atomic mass is 10.1. The van der Waals surface area contributed by atoms with E-state index in [-0.39, 0.29) is 18.6 Å². The number of carbonyl (C=O) groups is 1. The first-order chi connectivity index (χ1) is 14.5. The number of nitrogens with zero attached hydrogens (tertiary/aromatic N) is 3. The van der Waals surface area contributed by atoms with Crippen LogP contribution in [-0.4, -0.2) is 28.1 Å². The van der Waals surface area contributed by atoms with Crippen molar-refractivity contribution in [3.63, 3.8) is 0 Å². The van der Waals surface area contributed by atoms with Gasteiger partial charge in [0.2, 0.25) is 0 Å². The summed E-state index contributed by atoms with van der Waals surface area (Å²) in [6, 6.07) is 25.1. The van der Waals surface area contributed by atoms with E-state index < -0.39 is 0 Å². The summed E-state index contributed by atoms with van der Waals surface area (Å²) in [5.74, 6) is -0.0516. The van der Waals surface area contributed by atoms with Crippen molar-refractivity contribution in [2.45, 2.75) is 19.6 Å². The summed E-state index contributed by atoms with van der Waals surface area (Å²) in [7, 11) is 0. The lowest BCUT2D eigenvalue weighted by Gasteiger charge is -2.28. The van der Waals surface area contributed by atoms with Gasteiger partial charge in [-0.15, -0.1) is 0 Å². The molecule has 0 aromatic heterocycles. The first kappa shape index (κ1) is 20.6. The fourth-order valence-corrected chi connectivity index (χ4v) is 3.95. The fourth-order valence-electron chi connectivity index (χ4n) is 3.62. The molecule has 6 heteroatoms. The predicted octanol–water partition coefficient (Wildman–Crippen LogP) is 5.76. The van der Waals surface area contributed by atoms with Gasteiger partial charge in [0.25, 0.3) is 5.91 Å². The van der Waals surface area contributed by atoms with Crippen molar-refractivity contribution >= 4 is 34.8 Å². The van der Waals surface area contributed by atoms with Crippen LogP contribution in [0.2, 0.25) is 10.0 Å². The largest absolute Gasteiger partial charge is 0.271 e. The van der Waals surface area contributed by atoms with Gasteiger partial charge in [-0.3, -0.25) is 9.69 Å². The lowest BCUT2D eigenvalue weighted by Crippen LogP contribution is -2.29. The first-order valence-electron chi connectivity index (χ1n) is 9.68. The van der Waals surface area contributed by atoms with Crippen LogP contribution in [0.25, 0.3) is 0 Å². The van der Waals surface area contributed by atoms with Crippen LogP contribution >= 0.6 is 23.2 Å². The Balaban J connectivity index is 1.71. The van der Waals surface area contributed by atoms with E-state index in [2.05, 4.69) is 17.0 Å². The molecular weight excluding hydrogens is 417 g/mol. The molecule has 1 aliphatic rings. The molecule has 1 atom stereocenters. The van der Waals surface area contributed by atoms with Crippen molar-refractivity contribution in [2.75, 3.05) is 6.54 Å². The number of hydrogen-bond acceptors (Lipinski definition) is 3. The van der Waals surface area contributed by atoms with E-state index in [0.29, 0.717) is 16.6 Å². The van der Waals surface area contributed by atoms with Gasteiger partial charge in [0.1, 0.15) is 6.17 Å². The van der Waals surface area contributed by atoms with Crippen LogP contribution in [0, 0.1) is 0 Å². The molecule has 0 aliphatic carbocycles. The topological polar surface area (TPSA) is 35.9 Å². The molecule has 1 aliphatic heterocycles. The van der Waals surface area contributed by atoms with Gasteiger partial charge in [-0.1, -0.05) is 77.8 Å². The maximum absolute atomic E-state index is 13.0. The van der Waals surface area contributed by atoms with Crippen LogP contribution in [0.15, 0.2) is 84.0 Å². The van der Waals surface area contributed by atoms with E-state index in [9.17, 15) is 4.79 Å². The smallest absolute Gasteiger partial charge is 0.258 e. The molecule has 0 N–H and O–H groups in total. The molecule has 0 spiro atoms. The van der Waals surface area contributed by atoms with E-state index in [1.54, 1.807) is 5.01 Å². The Labute approximate surface area is 186 Å². The van der Waals surface area contributed by atoms with Gasteiger partial charge in [0, 0.05) is 16.6 Å². The SMILES string of the molecule is C/C(=N\N1C(=O)CN(Cc2ccccc2)C1c1cccc(Cl)c1)c1ccc(Cl)cc1. The molecule has 4 rings (SSSR count). The number of carbonyl (C=O) groups excluding carboxylic acids is 1. The van der Waals surface area contributed by atoms with Crippen LogP contribution in [0.5, 0.6) is 0 Å². The highest BCUT2D eigenvalue weighted by atomic mass is 35.5. The van der Waals surface area contributed by atoms with Crippen molar-refractivity contribution in [3.05, 3.63) is 106 Å². The van der Waals surface area contributed by atoms with E-state index >= 15 is 0 Å². The van der Waals surface area contributed by atoms with Crippen molar-refractivity contribution in [2.24, 2.45) is 5.10 Å². The van der Waals surface area contributed by atoms with Gasteiger partial charge in [-0.05, 0) is 47.9 Å². The van der Waals surface area contributed by atoms with Gasteiger partial charge < -0.3 is 0 Å². The summed E-state index contributed by atoms with van der Waals surface area (Å²) in [5, 5.41) is 7.57. The minimum absolute atomic E-state index is 0.0516. The number of halogens is 2. The zero-order valence-corrected chi connectivity index (χ0v) is 18.0. The molecule has 3 aromatic carbocycles. The molecule has 0 radical (unpaired) electrons. The molecule has 1 fully saturated rings. The average molecular weight is 438 g/mol. The summed E-state index contributed by atoms with van der Waals surface area (Å²) in [6.07, 6.45) is -0.335. The van der Waals surface area contributed by atoms with Crippen LogP contribution in [0.1, 0.15) is 29.8 Å². The Kier molecular flexibility index (Phi) is 6.18. The molecule has 152 valence electrons. The zero-order chi connectivity index (χ0) is 21.1. The van der Waals surface area contributed by atoms with E-state index in [4.69, 9.17) is 28.3 Å². The van der Waals surface area contributed by atoms with Gasteiger partial charge in [-0.25, -0.2) is 5.01 Å². The van der Waals surface area contributed by atoms with Crippen molar-refractivity contribution in [1.82, 2.24) is 9.91 Å². The third-order valence-electron chi connectivity index (χ3n) is 5.07. The molecule has 3 aromatic rings. The Morgan fingerprint density at radius 3 is 2.40 bits per heavy atom. The van der Waals surface area contributed by atoms with Crippen LogP contribution in [0.3, 0.4) is 0 Å². The minimum atomic E-state index is -0.335. The highest BCUT2D eigenvalue weighted by molar-refractivity contribution is 6.31. The summed E-state index contributed by atoms with van der Waals surface area (Å²) >= 11 is 12.3. The lowest BCUT2D eigenvalue weighted by molar-refractivity contribution is -0.128. The van der Waals surface area contributed by atoms with Crippen LogP contribution < -0.4 is 0 Å². The van der Waals surface area contributed by atoms with Gasteiger partial charge in [-0.2, -0.15) is 5.10 Å². The molecule has 1 unspecified atom stereocenters. The van der Waals surface area contributed by atoms with Crippen molar-refractivity contribution in [1.29, 1.82) is 0 Å². The van der Waals surface area contributed by atoms with E-state index in [0.717, 1.165) is 22.4 Å². The number of hydrazone groups is 1. The molecule has 30 heavy (non-hydrogen) atoms. The Morgan fingerprint density at radius 2 is 1.70 bits per heavy atom. The second kappa shape index (κ2) is 9.00. The highest BCUT2D eigenvalue weighted by Crippen LogP contribution is 2.34. The van der Waals surface area contributed by atoms with Crippen molar-refractivity contribution in [3.8, 4) is 0 Å². The highest BCUT2D eigenvalue weighted by Gasteiger charge is 2.39. The standard InChI is InChI=1S/C24H21Cl2N3O/c1-17(19-10-12-21(25)13-11-19)27-29-23(30)16-28(15-18-6-3-2-4-7-18)24(29)20-8-5-9-22(26)14-20/h2-14,24H,15-16H2,1H3/b27-17+. The number of amides is 1. The summed E-state index contributed by atoms with van der Waals surface area (Å²) in [4.78, 5) is 15.1. The Bertz CT molecular complexity index is 1070. The van der Waals surface area contributed by atoms with Crippen LogP contribution in [-0.2, 0) is 11.3 Å². The molecule has 4 nitrogen and oxygen atoms in total. The number of benzene rings is 3. The second-order valence-electron chi connectivity index (χ2n) is 7.25. The number of hydrogen-bond donors (Lipinski definition) is 0. The molecule has 0 saturated carbocycles. The van der Waals surface area contributed by atoms with E-state index in [1.807, 2.05) is 73.7 Å². The van der Waals surface area contributed by atoms with Gasteiger partial charge in [0.05, 0.1) is 12.3 Å². The zero-order valence-electron chi connectivity index (χ0n) is 16.5. The first-order valence-corrected chi connectivity index (χ1v) is 10.4. The summed E-state index contributed by atoms with van der Waals surface area (Å²) in [5.41, 5.74) is 3.72. The van der Waals surface area contributed by atoms with E-state index in [1.165, 1.54) is 0 Å². The van der Waals surface area contributed by atoms with Gasteiger partial charge in [0.15, 0.2) is 0 Å². The second-order valence-corrected chi connectivity index (χ2v) is 8.12. The van der Waals surface area contributed by atoms with Crippen molar-refractivity contribution < 1.29 is 4.79 Å². The Hall–Kier alpha value is -2.66. The summed E-state index contributed by atoms with van der Waals surface area (Å²) in [6.45, 7) is 2.81. The third kappa shape index (κ3) is 4.57.